The Morgan fingerprint density at radius 1 is 1.30 bits per heavy atom. The van der Waals surface area contributed by atoms with Crippen molar-refractivity contribution in [1.82, 2.24) is 15.1 Å². The van der Waals surface area contributed by atoms with Gasteiger partial charge in [-0.25, -0.2) is 0 Å². The number of hydrogen-bond acceptors (Lipinski definition) is 3. The van der Waals surface area contributed by atoms with Crippen molar-refractivity contribution in [3.8, 4) is 0 Å². The summed E-state index contributed by atoms with van der Waals surface area (Å²) in [6, 6.07) is 9.68. The van der Waals surface area contributed by atoms with Crippen molar-refractivity contribution in [2.75, 3.05) is 18.4 Å². The molecule has 0 aliphatic rings. The molecule has 0 spiro atoms. The topological polar surface area (TPSA) is 59.0 Å². The second kappa shape index (κ2) is 7.45. The van der Waals surface area contributed by atoms with Crippen molar-refractivity contribution in [1.29, 1.82) is 0 Å². The Bertz CT molecular complexity index is 537. The number of aromatic nitrogens is 2. The van der Waals surface area contributed by atoms with Gasteiger partial charge in [-0.05, 0) is 30.7 Å². The molecule has 0 saturated carbocycles. The molecule has 1 aromatic heterocycles. The van der Waals surface area contributed by atoms with E-state index in [1.165, 1.54) is 0 Å². The van der Waals surface area contributed by atoms with Crippen LogP contribution in [0.4, 0.5) is 5.69 Å². The molecule has 1 heterocycles. The van der Waals surface area contributed by atoms with Crippen LogP contribution >= 0.6 is 0 Å². The van der Waals surface area contributed by atoms with Crippen molar-refractivity contribution in [3.63, 3.8) is 0 Å². The second-order valence-corrected chi connectivity index (χ2v) is 4.59. The fourth-order valence-electron chi connectivity index (χ4n) is 1.92. The number of amides is 1. The largest absolute Gasteiger partial charge is 0.325 e. The number of anilines is 1. The van der Waals surface area contributed by atoms with Gasteiger partial charge < -0.3 is 10.6 Å². The van der Waals surface area contributed by atoms with E-state index in [2.05, 4.69) is 22.7 Å². The Morgan fingerprint density at radius 2 is 2.15 bits per heavy atom. The van der Waals surface area contributed by atoms with Crippen LogP contribution in [0.3, 0.4) is 0 Å². The maximum absolute atomic E-state index is 11.8. The number of carbonyl (C=O) groups excluding carboxylic acids is 1. The van der Waals surface area contributed by atoms with Gasteiger partial charge in [-0.1, -0.05) is 25.1 Å². The number of hydrogen-bond donors (Lipinski definition) is 2. The molecular formula is C15H20N4O. The van der Waals surface area contributed by atoms with Crippen LogP contribution in [0.25, 0.3) is 0 Å². The van der Waals surface area contributed by atoms with E-state index in [-0.39, 0.29) is 5.91 Å². The van der Waals surface area contributed by atoms with E-state index in [1.807, 2.05) is 41.2 Å². The molecule has 0 radical (unpaired) electrons. The maximum atomic E-state index is 11.8. The molecule has 2 aromatic rings. The third-order valence-electron chi connectivity index (χ3n) is 2.90. The molecule has 0 saturated heterocycles. The molecule has 106 valence electrons. The van der Waals surface area contributed by atoms with E-state index in [1.54, 1.807) is 6.20 Å². The van der Waals surface area contributed by atoms with E-state index >= 15 is 0 Å². The summed E-state index contributed by atoms with van der Waals surface area (Å²) in [5.74, 6) is -0.0219. The average Bonchev–Trinajstić information content (AvgIpc) is 2.94. The Morgan fingerprint density at radius 3 is 2.90 bits per heavy atom. The highest BCUT2D eigenvalue weighted by Crippen LogP contribution is 2.15. The Hall–Kier alpha value is -2.14. The van der Waals surface area contributed by atoms with Crippen LogP contribution in [-0.4, -0.2) is 28.8 Å². The fraction of sp³-hybridized carbons (Fsp3) is 0.333. The summed E-state index contributed by atoms with van der Waals surface area (Å²) in [5.41, 5.74) is 1.88. The van der Waals surface area contributed by atoms with Crippen molar-refractivity contribution in [2.24, 2.45) is 0 Å². The summed E-state index contributed by atoms with van der Waals surface area (Å²) in [5, 5.41) is 10.2. The highest BCUT2D eigenvalue weighted by atomic mass is 16.1. The first-order valence-electron chi connectivity index (χ1n) is 6.85. The normalized spacial score (nSPS) is 10.4. The van der Waals surface area contributed by atoms with Gasteiger partial charge in [0.25, 0.3) is 0 Å². The standard InChI is InChI=1S/C15H20N4O/c1-2-8-16-11-15(20)18-14-7-4-3-6-13(14)12-19-10-5-9-17-19/h3-7,9-10,16H,2,8,11-12H2,1H3,(H,18,20). The molecular weight excluding hydrogens is 252 g/mol. The minimum Gasteiger partial charge on any atom is -0.325 e. The van der Waals surface area contributed by atoms with E-state index in [0.717, 1.165) is 24.2 Å². The first kappa shape index (κ1) is 14.3. The van der Waals surface area contributed by atoms with Crippen LogP contribution in [0.15, 0.2) is 42.7 Å². The number of nitrogens with zero attached hydrogens (tertiary/aromatic N) is 2. The monoisotopic (exact) mass is 272 g/mol. The minimum absolute atomic E-state index is 0.0219. The van der Waals surface area contributed by atoms with Gasteiger partial charge in [0.2, 0.25) is 5.91 Å². The zero-order chi connectivity index (χ0) is 14.2. The van der Waals surface area contributed by atoms with Crippen LogP contribution in [0, 0.1) is 0 Å². The van der Waals surface area contributed by atoms with E-state index in [9.17, 15) is 4.79 Å². The minimum atomic E-state index is -0.0219. The lowest BCUT2D eigenvalue weighted by Gasteiger charge is -2.11. The molecule has 2 N–H and O–H groups in total. The lowest BCUT2D eigenvalue weighted by atomic mass is 10.1. The number of nitrogens with one attached hydrogen (secondary N) is 2. The number of carbonyl (C=O) groups is 1. The Labute approximate surface area is 119 Å². The predicted molar refractivity (Wildman–Crippen MR) is 79.6 cm³/mol. The lowest BCUT2D eigenvalue weighted by Crippen LogP contribution is -2.28. The van der Waals surface area contributed by atoms with E-state index < -0.39 is 0 Å². The van der Waals surface area contributed by atoms with Crippen LogP contribution in [0.5, 0.6) is 0 Å². The smallest absolute Gasteiger partial charge is 0.238 e. The summed E-state index contributed by atoms with van der Waals surface area (Å²) in [6.07, 6.45) is 4.67. The summed E-state index contributed by atoms with van der Waals surface area (Å²) in [7, 11) is 0. The third kappa shape index (κ3) is 4.20. The summed E-state index contributed by atoms with van der Waals surface area (Å²) < 4.78 is 1.83. The Balaban J connectivity index is 1.98. The van der Waals surface area contributed by atoms with Gasteiger partial charge in [0.05, 0.1) is 13.1 Å². The van der Waals surface area contributed by atoms with E-state index in [4.69, 9.17) is 0 Å². The van der Waals surface area contributed by atoms with Gasteiger partial charge in [0.15, 0.2) is 0 Å². The van der Waals surface area contributed by atoms with Gasteiger partial charge in [-0.15, -0.1) is 0 Å². The average molecular weight is 272 g/mol. The zero-order valence-electron chi connectivity index (χ0n) is 11.7. The summed E-state index contributed by atoms with van der Waals surface area (Å²) in [4.78, 5) is 11.8. The van der Waals surface area contributed by atoms with Crippen molar-refractivity contribution >= 4 is 11.6 Å². The van der Waals surface area contributed by atoms with Gasteiger partial charge in [-0.3, -0.25) is 9.48 Å². The number of rotatable bonds is 7. The molecule has 0 aliphatic heterocycles. The molecule has 0 unspecified atom stereocenters. The second-order valence-electron chi connectivity index (χ2n) is 4.59. The van der Waals surface area contributed by atoms with Crippen molar-refractivity contribution in [2.45, 2.75) is 19.9 Å². The van der Waals surface area contributed by atoms with Crippen molar-refractivity contribution in [3.05, 3.63) is 48.3 Å². The Kier molecular flexibility index (Phi) is 5.32. The van der Waals surface area contributed by atoms with Crippen LogP contribution in [0.1, 0.15) is 18.9 Å². The van der Waals surface area contributed by atoms with Gasteiger partial charge in [-0.2, -0.15) is 5.10 Å². The van der Waals surface area contributed by atoms with Gasteiger partial charge in [0, 0.05) is 18.1 Å². The van der Waals surface area contributed by atoms with E-state index in [0.29, 0.717) is 13.1 Å². The molecule has 0 atom stereocenters. The maximum Gasteiger partial charge on any atom is 0.238 e. The zero-order valence-corrected chi connectivity index (χ0v) is 11.7. The quantitative estimate of drug-likeness (QED) is 0.756. The summed E-state index contributed by atoms with van der Waals surface area (Å²) >= 11 is 0. The molecule has 5 nitrogen and oxygen atoms in total. The molecule has 20 heavy (non-hydrogen) atoms. The molecule has 0 fully saturated rings. The lowest BCUT2D eigenvalue weighted by molar-refractivity contribution is -0.115. The first-order valence-corrected chi connectivity index (χ1v) is 6.85. The van der Waals surface area contributed by atoms with Crippen LogP contribution in [0.2, 0.25) is 0 Å². The molecule has 0 aliphatic carbocycles. The molecule has 0 bridgehead atoms. The SMILES string of the molecule is CCCNCC(=O)Nc1ccccc1Cn1cccn1. The highest BCUT2D eigenvalue weighted by Gasteiger charge is 2.06. The first-order chi connectivity index (χ1) is 9.79. The fourth-order valence-corrected chi connectivity index (χ4v) is 1.92. The van der Waals surface area contributed by atoms with Crippen LogP contribution < -0.4 is 10.6 Å². The molecule has 2 rings (SSSR count). The van der Waals surface area contributed by atoms with Crippen molar-refractivity contribution < 1.29 is 4.79 Å². The summed E-state index contributed by atoms with van der Waals surface area (Å²) in [6.45, 7) is 3.91. The highest BCUT2D eigenvalue weighted by molar-refractivity contribution is 5.92. The molecule has 5 heteroatoms. The van der Waals surface area contributed by atoms with Gasteiger partial charge >= 0.3 is 0 Å². The number of para-hydroxylation sites is 1. The predicted octanol–water partition coefficient (Wildman–Crippen LogP) is 1.87. The van der Waals surface area contributed by atoms with Gasteiger partial charge in [0.1, 0.15) is 0 Å². The third-order valence-corrected chi connectivity index (χ3v) is 2.90. The van der Waals surface area contributed by atoms with Crippen LogP contribution in [-0.2, 0) is 11.3 Å². The molecule has 1 amide bonds. The number of benzene rings is 1. The molecule has 1 aromatic carbocycles.